The summed E-state index contributed by atoms with van der Waals surface area (Å²) in [5.74, 6) is 0.626. The molecule has 0 spiro atoms. The van der Waals surface area contributed by atoms with Crippen molar-refractivity contribution in [3.05, 3.63) is 39.0 Å². The van der Waals surface area contributed by atoms with Crippen LogP contribution in [0.4, 0.5) is 0 Å². The normalized spacial score (nSPS) is 16.1. The number of H-pyrrole nitrogens is 1. The Balaban J connectivity index is 2.25. The van der Waals surface area contributed by atoms with E-state index in [1.807, 2.05) is 0 Å². The zero-order chi connectivity index (χ0) is 13.4. The van der Waals surface area contributed by atoms with Crippen molar-refractivity contribution >= 4 is 10.9 Å². The lowest BCUT2D eigenvalue weighted by molar-refractivity contribution is 0.415. The van der Waals surface area contributed by atoms with Crippen molar-refractivity contribution in [1.82, 2.24) is 9.55 Å². The third-order valence-corrected chi connectivity index (χ3v) is 3.83. The highest BCUT2D eigenvalue weighted by molar-refractivity contribution is 5.78. The van der Waals surface area contributed by atoms with Crippen molar-refractivity contribution in [2.45, 2.75) is 31.7 Å². The zero-order valence-corrected chi connectivity index (χ0v) is 10.8. The second kappa shape index (κ2) is 4.57. The maximum Gasteiger partial charge on any atom is 0.329 e. The fourth-order valence-corrected chi connectivity index (χ4v) is 2.83. The van der Waals surface area contributed by atoms with Crippen molar-refractivity contribution in [1.29, 1.82) is 0 Å². The molecular weight excluding hydrogens is 244 g/mol. The van der Waals surface area contributed by atoms with Crippen molar-refractivity contribution < 1.29 is 4.74 Å². The number of hydrogen-bond acceptors (Lipinski definition) is 3. The molecule has 1 aromatic heterocycles. The number of ether oxygens (including phenoxy) is 1. The highest BCUT2D eigenvalue weighted by Crippen LogP contribution is 2.27. The van der Waals surface area contributed by atoms with Crippen LogP contribution in [0.2, 0.25) is 0 Å². The van der Waals surface area contributed by atoms with Gasteiger partial charge in [-0.1, -0.05) is 12.8 Å². The van der Waals surface area contributed by atoms with E-state index in [0.29, 0.717) is 16.7 Å². The summed E-state index contributed by atoms with van der Waals surface area (Å²) in [7, 11) is 1.55. The molecule has 3 rings (SSSR count). The summed E-state index contributed by atoms with van der Waals surface area (Å²) >= 11 is 0. The fraction of sp³-hybridized carbons (Fsp3) is 0.429. The van der Waals surface area contributed by atoms with E-state index >= 15 is 0 Å². The summed E-state index contributed by atoms with van der Waals surface area (Å²) in [5, 5.41) is 0.535. The summed E-state index contributed by atoms with van der Waals surface area (Å²) in [4.78, 5) is 27.3. The van der Waals surface area contributed by atoms with Crippen LogP contribution in [-0.2, 0) is 0 Å². The smallest absolute Gasteiger partial charge is 0.329 e. The molecule has 19 heavy (non-hydrogen) atoms. The molecule has 1 saturated carbocycles. The van der Waals surface area contributed by atoms with E-state index in [2.05, 4.69) is 4.98 Å². The fourth-order valence-electron chi connectivity index (χ4n) is 2.83. The number of aromatic nitrogens is 2. The SMILES string of the molecule is COc1ccc2c(=O)n(C3CCCC3)c(=O)[nH]c2c1. The van der Waals surface area contributed by atoms with Crippen molar-refractivity contribution in [2.75, 3.05) is 7.11 Å². The molecule has 1 fully saturated rings. The van der Waals surface area contributed by atoms with Gasteiger partial charge in [0.25, 0.3) is 5.56 Å². The van der Waals surface area contributed by atoms with Gasteiger partial charge in [0, 0.05) is 12.1 Å². The molecule has 100 valence electrons. The molecule has 5 nitrogen and oxygen atoms in total. The first-order valence-corrected chi connectivity index (χ1v) is 6.53. The monoisotopic (exact) mass is 260 g/mol. The van der Waals surface area contributed by atoms with Gasteiger partial charge in [-0.15, -0.1) is 0 Å². The molecule has 0 aliphatic heterocycles. The van der Waals surface area contributed by atoms with Gasteiger partial charge < -0.3 is 9.72 Å². The van der Waals surface area contributed by atoms with Crippen LogP contribution in [0, 0.1) is 0 Å². The minimum atomic E-state index is -0.322. The standard InChI is InChI=1S/C14H16N2O3/c1-19-10-6-7-11-12(8-10)15-14(18)16(13(11)17)9-4-2-3-5-9/h6-9H,2-5H2,1H3,(H,15,18). The second-order valence-electron chi connectivity index (χ2n) is 4.96. The first kappa shape index (κ1) is 12.0. The van der Waals surface area contributed by atoms with E-state index in [0.717, 1.165) is 25.7 Å². The Morgan fingerprint density at radius 1 is 1.26 bits per heavy atom. The van der Waals surface area contributed by atoms with Gasteiger partial charge in [0.15, 0.2) is 0 Å². The summed E-state index contributed by atoms with van der Waals surface area (Å²) in [5.41, 5.74) is 0.00885. The van der Waals surface area contributed by atoms with Gasteiger partial charge in [-0.3, -0.25) is 9.36 Å². The first-order valence-electron chi connectivity index (χ1n) is 6.53. The van der Waals surface area contributed by atoms with Gasteiger partial charge in [0.1, 0.15) is 5.75 Å². The van der Waals surface area contributed by atoms with Gasteiger partial charge in [-0.2, -0.15) is 0 Å². The highest BCUT2D eigenvalue weighted by atomic mass is 16.5. The number of methoxy groups -OCH3 is 1. The number of nitrogens with one attached hydrogen (secondary N) is 1. The lowest BCUT2D eigenvalue weighted by Gasteiger charge is -2.13. The van der Waals surface area contributed by atoms with E-state index in [1.165, 1.54) is 4.57 Å². The topological polar surface area (TPSA) is 64.1 Å². The Labute approximate surface area is 109 Å². The van der Waals surface area contributed by atoms with E-state index in [9.17, 15) is 9.59 Å². The maximum absolute atomic E-state index is 12.4. The molecule has 0 radical (unpaired) electrons. The van der Waals surface area contributed by atoms with E-state index in [-0.39, 0.29) is 17.3 Å². The van der Waals surface area contributed by atoms with Crippen molar-refractivity contribution in [3.8, 4) is 5.75 Å². The largest absolute Gasteiger partial charge is 0.497 e. The molecular formula is C14H16N2O3. The van der Waals surface area contributed by atoms with Crippen LogP contribution in [-0.4, -0.2) is 16.7 Å². The number of aromatic amines is 1. The molecule has 1 aromatic carbocycles. The van der Waals surface area contributed by atoms with Crippen LogP contribution in [0.5, 0.6) is 5.75 Å². The first-order chi connectivity index (χ1) is 9.20. The average molecular weight is 260 g/mol. The lowest BCUT2D eigenvalue weighted by Crippen LogP contribution is -2.37. The molecule has 1 heterocycles. The van der Waals surface area contributed by atoms with Crippen LogP contribution in [0.15, 0.2) is 27.8 Å². The maximum atomic E-state index is 12.4. The van der Waals surface area contributed by atoms with Crippen LogP contribution in [0.3, 0.4) is 0 Å². The Bertz CT molecular complexity index is 724. The molecule has 0 amide bonds. The van der Waals surface area contributed by atoms with Gasteiger partial charge in [0.2, 0.25) is 0 Å². The van der Waals surface area contributed by atoms with Crippen molar-refractivity contribution in [2.24, 2.45) is 0 Å². The molecule has 0 atom stereocenters. The third kappa shape index (κ3) is 1.95. The molecule has 0 unspecified atom stereocenters. The summed E-state index contributed by atoms with van der Waals surface area (Å²) in [6.07, 6.45) is 3.98. The van der Waals surface area contributed by atoms with Gasteiger partial charge in [-0.25, -0.2) is 4.79 Å². The number of hydrogen-bond donors (Lipinski definition) is 1. The van der Waals surface area contributed by atoms with E-state index in [4.69, 9.17) is 4.74 Å². The molecule has 0 bridgehead atoms. The van der Waals surface area contributed by atoms with E-state index < -0.39 is 0 Å². The Kier molecular flexibility index (Phi) is 2.89. The van der Waals surface area contributed by atoms with Crippen LogP contribution < -0.4 is 16.0 Å². The quantitative estimate of drug-likeness (QED) is 0.895. The van der Waals surface area contributed by atoms with Crippen molar-refractivity contribution in [3.63, 3.8) is 0 Å². The van der Waals surface area contributed by atoms with Gasteiger partial charge in [-0.05, 0) is 25.0 Å². The lowest BCUT2D eigenvalue weighted by atomic mass is 10.2. The molecule has 1 aliphatic carbocycles. The zero-order valence-electron chi connectivity index (χ0n) is 10.8. The summed E-state index contributed by atoms with van der Waals surface area (Å²) < 4.78 is 6.48. The number of rotatable bonds is 2. The summed E-state index contributed by atoms with van der Waals surface area (Å²) in [6.45, 7) is 0. The van der Waals surface area contributed by atoms with Crippen LogP contribution >= 0.6 is 0 Å². The third-order valence-electron chi connectivity index (χ3n) is 3.83. The highest BCUT2D eigenvalue weighted by Gasteiger charge is 2.21. The average Bonchev–Trinajstić information content (AvgIpc) is 2.91. The minimum absolute atomic E-state index is 0.0442. The molecule has 0 saturated heterocycles. The summed E-state index contributed by atoms with van der Waals surface area (Å²) in [6, 6.07) is 5.17. The predicted molar refractivity (Wildman–Crippen MR) is 72.9 cm³/mol. The Hall–Kier alpha value is -2.04. The second-order valence-corrected chi connectivity index (χ2v) is 4.96. The number of benzene rings is 1. The van der Waals surface area contributed by atoms with Crippen LogP contribution in [0.25, 0.3) is 10.9 Å². The van der Waals surface area contributed by atoms with Gasteiger partial charge in [0.05, 0.1) is 18.0 Å². The molecule has 2 aromatic rings. The Morgan fingerprint density at radius 3 is 2.68 bits per heavy atom. The minimum Gasteiger partial charge on any atom is -0.497 e. The number of fused-ring (bicyclic) bond motifs is 1. The molecule has 5 heteroatoms. The van der Waals surface area contributed by atoms with Crippen LogP contribution in [0.1, 0.15) is 31.7 Å². The van der Waals surface area contributed by atoms with Gasteiger partial charge >= 0.3 is 5.69 Å². The van der Waals surface area contributed by atoms with E-state index in [1.54, 1.807) is 25.3 Å². The Morgan fingerprint density at radius 2 is 2.00 bits per heavy atom. The predicted octanol–water partition coefficient (Wildman–Crippen LogP) is 1.81. The number of nitrogens with zero attached hydrogens (tertiary/aromatic N) is 1. The molecule has 1 N–H and O–H groups in total. The molecule has 1 aliphatic rings.